The van der Waals surface area contributed by atoms with Crippen LogP contribution in [-0.4, -0.2) is 63.3 Å². The molecule has 2 aromatic heterocycles. The lowest BCUT2D eigenvalue weighted by Crippen LogP contribution is -2.41. The van der Waals surface area contributed by atoms with Gasteiger partial charge in [0.15, 0.2) is 0 Å². The van der Waals surface area contributed by atoms with Gasteiger partial charge in [-0.15, -0.1) is 0 Å². The molecular weight excluding hydrogens is 346 g/mol. The molecule has 8 heteroatoms. The van der Waals surface area contributed by atoms with E-state index in [-0.39, 0.29) is 11.9 Å². The lowest BCUT2D eigenvalue weighted by atomic mass is 10.0. The van der Waals surface area contributed by atoms with Gasteiger partial charge in [-0.2, -0.15) is 10.2 Å². The molecule has 1 fully saturated rings. The van der Waals surface area contributed by atoms with Crippen LogP contribution in [0, 0.1) is 5.92 Å². The van der Waals surface area contributed by atoms with Gasteiger partial charge in [0, 0.05) is 52.4 Å². The lowest BCUT2D eigenvalue weighted by Gasteiger charge is -2.33. The highest BCUT2D eigenvalue weighted by Crippen LogP contribution is 2.24. The van der Waals surface area contributed by atoms with Crippen LogP contribution in [-0.2, 0) is 23.1 Å². The van der Waals surface area contributed by atoms with Gasteiger partial charge in [-0.25, -0.2) is 0 Å². The number of hydrogen-bond donors (Lipinski definition) is 0. The molecule has 146 valence electrons. The zero-order valence-electron chi connectivity index (χ0n) is 15.8. The van der Waals surface area contributed by atoms with Crippen LogP contribution in [0.3, 0.4) is 0 Å². The van der Waals surface area contributed by atoms with E-state index in [4.69, 9.17) is 9.47 Å². The number of fused-ring (bicyclic) bond motifs is 1. The fraction of sp³-hybridized carbons (Fsp3) is 0.632. The third kappa shape index (κ3) is 4.22. The Kier molecular flexibility index (Phi) is 5.54. The van der Waals surface area contributed by atoms with Gasteiger partial charge < -0.3 is 14.4 Å². The minimum atomic E-state index is -0.0313. The maximum atomic E-state index is 12.8. The van der Waals surface area contributed by atoms with Gasteiger partial charge in [-0.3, -0.25) is 14.2 Å². The maximum Gasteiger partial charge on any atom is 0.274 e. The van der Waals surface area contributed by atoms with E-state index in [9.17, 15) is 4.79 Å². The van der Waals surface area contributed by atoms with Crippen LogP contribution in [0.15, 0.2) is 24.5 Å². The number of nitrogens with zero attached hydrogens (tertiary/aromatic N) is 5. The molecule has 27 heavy (non-hydrogen) atoms. The molecule has 2 aliphatic heterocycles. The van der Waals surface area contributed by atoms with Crippen LogP contribution in [0.1, 0.15) is 41.5 Å². The van der Waals surface area contributed by atoms with Crippen LogP contribution in [0.2, 0.25) is 0 Å². The summed E-state index contributed by atoms with van der Waals surface area (Å²) in [6.45, 7) is 4.35. The van der Waals surface area contributed by atoms with Crippen LogP contribution < -0.4 is 0 Å². The van der Waals surface area contributed by atoms with Crippen molar-refractivity contribution in [1.29, 1.82) is 0 Å². The first-order valence-corrected chi connectivity index (χ1v) is 9.67. The fourth-order valence-electron chi connectivity index (χ4n) is 3.83. The van der Waals surface area contributed by atoms with Crippen molar-refractivity contribution in [1.82, 2.24) is 24.5 Å². The van der Waals surface area contributed by atoms with Crippen molar-refractivity contribution in [2.45, 2.75) is 31.8 Å². The smallest absolute Gasteiger partial charge is 0.274 e. The summed E-state index contributed by atoms with van der Waals surface area (Å²) >= 11 is 0. The number of ether oxygens (including phenoxy) is 2. The molecule has 0 bridgehead atoms. The number of hydrogen-bond acceptors (Lipinski definition) is 5. The summed E-state index contributed by atoms with van der Waals surface area (Å²) in [5, 5.41) is 8.71. The monoisotopic (exact) mass is 373 g/mol. The summed E-state index contributed by atoms with van der Waals surface area (Å²) in [7, 11) is 1.82. The first-order chi connectivity index (χ1) is 13.2. The molecule has 0 unspecified atom stereocenters. The minimum Gasteiger partial charge on any atom is -0.381 e. The van der Waals surface area contributed by atoms with Crippen molar-refractivity contribution in [3.8, 4) is 0 Å². The number of amides is 1. The Morgan fingerprint density at radius 2 is 2.19 bits per heavy atom. The predicted octanol–water partition coefficient (Wildman–Crippen LogP) is 1.65. The van der Waals surface area contributed by atoms with E-state index in [2.05, 4.69) is 10.2 Å². The molecule has 0 saturated carbocycles. The summed E-state index contributed by atoms with van der Waals surface area (Å²) in [4.78, 5) is 14.7. The largest absolute Gasteiger partial charge is 0.381 e. The Bertz CT molecular complexity index is 765. The van der Waals surface area contributed by atoms with E-state index in [1.54, 1.807) is 23.1 Å². The average Bonchev–Trinajstić information content (AvgIpc) is 3.34. The molecule has 4 rings (SSSR count). The second-order valence-corrected chi connectivity index (χ2v) is 7.40. The Labute approximate surface area is 159 Å². The van der Waals surface area contributed by atoms with Crippen LogP contribution in [0.5, 0.6) is 0 Å². The molecule has 1 amide bonds. The van der Waals surface area contributed by atoms with Crippen molar-refractivity contribution in [2.75, 3.05) is 33.0 Å². The number of carbonyl (C=O) groups excluding carboxylic acids is 1. The molecule has 0 spiro atoms. The van der Waals surface area contributed by atoms with Gasteiger partial charge in [0.25, 0.3) is 5.91 Å². The van der Waals surface area contributed by atoms with Crippen molar-refractivity contribution >= 4 is 5.91 Å². The van der Waals surface area contributed by atoms with Gasteiger partial charge in [0.2, 0.25) is 0 Å². The molecule has 0 aliphatic carbocycles. The zero-order chi connectivity index (χ0) is 18.6. The Morgan fingerprint density at radius 1 is 1.33 bits per heavy atom. The van der Waals surface area contributed by atoms with Gasteiger partial charge in [0.1, 0.15) is 5.69 Å². The Hall–Kier alpha value is -2.19. The lowest BCUT2D eigenvalue weighted by molar-refractivity contribution is 0.0156. The highest BCUT2D eigenvalue weighted by Gasteiger charge is 2.29. The topological polar surface area (TPSA) is 74.4 Å². The summed E-state index contributed by atoms with van der Waals surface area (Å²) in [5.74, 6) is 0.573. The zero-order valence-corrected chi connectivity index (χ0v) is 15.8. The van der Waals surface area contributed by atoms with Crippen LogP contribution in [0.4, 0.5) is 0 Å². The molecule has 4 heterocycles. The van der Waals surface area contributed by atoms with Crippen LogP contribution >= 0.6 is 0 Å². The normalized spacial score (nSPS) is 20.6. The molecule has 0 N–H and O–H groups in total. The molecular formula is C19H27N5O3. The minimum absolute atomic E-state index is 0.0313. The molecule has 1 atom stereocenters. The quantitative estimate of drug-likeness (QED) is 0.720. The van der Waals surface area contributed by atoms with E-state index < -0.39 is 0 Å². The molecule has 2 aliphatic rings. The summed E-state index contributed by atoms with van der Waals surface area (Å²) in [5.41, 5.74) is 1.54. The highest BCUT2D eigenvalue weighted by atomic mass is 16.5. The van der Waals surface area contributed by atoms with Gasteiger partial charge in [-0.1, -0.05) is 0 Å². The second-order valence-electron chi connectivity index (χ2n) is 7.40. The summed E-state index contributed by atoms with van der Waals surface area (Å²) in [6, 6.07) is 3.87. The van der Waals surface area contributed by atoms with Crippen LogP contribution in [0.25, 0.3) is 0 Å². The third-order valence-electron chi connectivity index (χ3n) is 5.39. The fourth-order valence-corrected chi connectivity index (χ4v) is 3.83. The summed E-state index contributed by atoms with van der Waals surface area (Å²) < 4.78 is 15.0. The molecule has 8 nitrogen and oxygen atoms in total. The standard InChI is InChI=1S/C19H27N5O3/c1-22-8-3-18(21-22)19(25)23-12-16-2-7-20-24(16)17(13-23)6-11-27-14-15-4-9-26-10-5-15/h2-3,7-8,15,17H,4-6,9-14H2,1H3/t17-/m0/s1. The number of carbonyl (C=O) groups is 1. The van der Waals surface area contributed by atoms with Gasteiger partial charge in [0.05, 0.1) is 18.3 Å². The first kappa shape index (κ1) is 18.2. The van der Waals surface area contributed by atoms with Gasteiger partial charge in [-0.05, 0) is 37.3 Å². The molecule has 2 aromatic rings. The van der Waals surface area contributed by atoms with E-state index in [0.29, 0.717) is 31.3 Å². The Balaban J connectivity index is 1.34. The van der Waals surface area contributed by atoms with Crippen molar-refractivity contribution in [3.05, 3.63) is 35.9 Å². The van der Waals surface area contributed by atoms with E-state index in [0.717, 1.165) is 44.8 Å². The highest BCUT2D eigenvalue weighted by molar-refractivity contribution is 5.92. The second kappa shape index (κ2) is 8.22. The van der Waals surface area contributed by atoms with E-state index in [1.807, 2.05) is 22.7 Å². The first-order valence-electron chi connectivity index (χ1n) is 9.67. The predicted molar refractivity (Wildman–Crippen MR) is 98.2 cm³/mol. The number of aryl methyl sites for hydroxylation is 1. The average molecular weight is 373 g/mol. The van der Waals surface area contributed by atoms with E-state index >= 15 is 0 Å². The SMILES string of the molecule is Cn1ccc(C(=O)N2Cc3ccnn3[C@@H](CCOCC3CCOCC3)C2)n1. The van der Waals surface area contributed by atoms with Gasteiger partial charge >= 0.3 is 0 Å². The van der Waals surface area contributed by atoms with Crippen molar-refractivity contribution in [2.24, 2.45) is 13.0 Å². The van der Waals surface area contributed by atoms with Crippen molar-refractivity contribution in [3.63, 3.8) is 0 Å². The third-order valence-corrected chi connectivity index (χ3v) is 5.39. The molecule has 0 aromatic carbocycles. The van der Waals surface area contributed by atoms with E-state index in [1.165, 1.54) is 0 Å². The molecule has 1 saturated heterocycles. The molecule has 0 radical (unpaired) electrons. The number of rotatable bonds is 6. The summed E-state index contributed by atoms with van der Waals surface area (Å²) in [6.07, 6.45) is 6.60. The Morgan fingerprint density at radius 3 is 2.96 bits per heavy atom. The number of aromatic nitrogens is 4. The maximum absolute atomic E-state index is 12.8. The van der Waals surface area contributed by atoms with Crippen molar-refractivity contribution < 1.29 is 14.3 Å².